The number of carbonyl (C=O) groups is 3. The molecule has 3 amide bonds. The Morgan fingerprint density at radius 1 is 1.25 bits per heavy atom. The molecule has 1 aliphatic carbocycles. The molecular formula is C21H35N3O4. The molecule has 0 aromatic carbocycles. The summed E-state index contributed by atoms with van der Waals surface area (Å²) in [5.41, 5.74) is 1.45. The Labute approximate surface area is 168 Å². The van der Waals surface area contributed by atoms with E-state index in [9.17, 15) is 14.4 Å². The van der Waals surface area contributed by atoms with E-state index < -0.39 is 0 Å². The van der Waals surface area contributed by atoms with Crippen LogP contribution in [-0.2, 0) is 14.3 Å². The average molecular weight is 394 g/mol. The molecule has 1 heterocycles. The summed E-state index contributed by atoms with van der Waals surface area (Å²) in [6.45, 7) is 5.95. The number of amides is 3. The second kappa shape index (κ2) is 11.7. The molecule has 0 aromatic heterocycles. The predicted octanol–water partition coefficient (Wildman–Crippen LogP) is 2.85. The highest BCUT2D eigenvalue weighted by molar-refractivity contribution is 5.78. The van der Waals surface area contributed by atoms with Crippen LogP contribution in [0.4, 0.5) is 4.79 Å². The number of rotatable bonds is 8. The first kappa shape index (κ1) is 22.2. The summed E-state index contributed by atoms with van der Waals surface area (Å²) < 4.78 is 5.03. The lowest BCUT2D eigenvalue weighted by atomic mass is 9.97. The van der Waals surface area contributed by atoms with Crippen molar-refractivity contribution in [1.82, 2.24) is 15.1 Å². The van der Waals surface area contributed by atoms with E-state index in [-0.39, 0.29) is 23.9 Å². The monoisotopic (exact) mass is 393 g/mol. The van der Waals surface area contributed by atoms with Gasteiger partial charge < -0.3 is 19.9 Å². The molecule has 28 heavy (non-hydrogen) atoms. The summed E-state index contributed by atoms with van der Waals surface area (Å²) in [4.78, 5) is 39.5. The second-order valence-electron chi connectivity index (χ2n) is 7.59. The topological polar surface area (TPSA) is 79.0 Å². The molecule has 1 fully saturated rings. The molecule has 1 saturated heterocycles. The van der Waals surface area contributed by atoms with Crippen LogP contribution in [0.2, 0.25) is 0 Å². The van der Waals surface area contributed by atoms with Crippen molar-refractivity contribution >= 4 is 17.9 Å². The van der Waals surface area contributed by atoms with Gasteiger partial charge in [0.1, 0.15) is 0 Å². The molecule has 0 atom stereocenters. The first-order chi connectivity index (χ1) is 13.5. The minimum absolute atomic E-state index is 0.00776. The van der Waals surface area contributed by atoms with Crippen LogP contribution in [0.15, 0.2) is 11.6 Å². The summed E-state index contributed by atoms with van der Waals surface area (Å²) in [5.74, 6) is -0.0265. The normalized spacial score (nSPS) is 17.6. The Morgan fingerprint density at radius 3 is 2.61 bits per heavy atom. The van der Waals surface area contributed by atoms with Gasteiger partial charge in [0.2, 0.25) is 11.8 Å². The molecule has 0 spiro atoms. The minimum atomic E-state index is -0.289. The molecule has 1 N–H and O–H groups in total. The lowest BCUT2D eigenvalue weighted by molar-refractivity contribution is -0.132. The third-order valence-corrected chi connectivity index (χ3v) is 5.57. The van der Waals surface area contributed by atoms with Gasteiger partial charge in [-0.2, -0.15) is 0 Å². The number of hydrogen-bond donors (Lipinski definition) is 1. The van der Waals surface area contributed by atoms with E-state index in [1.54, 1.807) is 23.6 Å². The minimum Gasteiger partial charge on any atom is -0.450 e. The van der Waals surface area contributed by atoms with Gasteiger partial charge in [-0.3, -0.25) is 9.59 Å². The number of allylic oxidation sites excluding steroid dienone is 1. The average Bonchev–Trinajstić information content (AvgIpc) is 2.69. The summed E-state index contributed by atoms with van der Waals surface area (Å²) in [5, 5.41) is 2.98. The van der Waals surface area contributed by atoms with Crippen LogP contribution in [0.3, 0.4) is 0 Å². The molecule has 0 saturated carbocycles. The zero-order valence-electron chi connectivity index (χ0n) is 17.4. The largest absolute Gasteiger partial charge is 0.450 e. The van der Waals surface area contributed by atoms with Crippen LogP contribution in [0.25, 0.3) is 0 Å². The fourth-order valence-electron chi connectivity index (χ4n) is 3.98. The quantitative estimate of drug-likeness (QED) is 0.643. The van der Waals surface area contributed by atoms with Gasteiger partial charge in [-0.15, -0.1) is 0 Å². The lowest BCUT2D eigenvalue weighted by Crippen LogP contribution is -2.49. The van der Waals surface area contributed by atoms with Gasteiger partial charge in [0.15, 0.2) is 0 Å². The number of hydrogen-bond acceptors (Lipinski definition) is 4. The van der Waals surface area contributed by atoms with Gasteiger partial charge in [0.05, 0.1) is 6.61 Å². The van der Waals surface area contributed by atoms with Crippen molar-refractivity contribution in [2.75, 3.05) is 32.8 Å². The molecule has 0 unspecified atom stereocenters. The number of carbonyl (C=O) groups excluding carboxylic acids is 3. The Morgan fingerprint density at radius 2 is 2.00 bits per heavy atom. The lowest BCUT2D eigenvalue weighted by Gasteiger charge is -2.37. The number of likely N-dealkylation sites (tertiary alicyclic amines) is 1. The number of piperidine rings is 1. The second-order valence-corrected chi connectivity index (χ2v) is 7.59. The highest BCUT2D eigenvalue weighted by Crippen LogP contribution is 2.20. The number of nitrogens with one attached hydrogen (secondary N) is 1. The molecule has 2 aliphatic rings. The van der Waals surface area contributed by atoms with Crippen molar-refractivity contribution < 1.29 is 19.1 Å². The van der Waals surface area contributed by atoms with Crippen LogP contribution in [0, 0.1) is 0 Å². The first-order valence-corrected chi connectivity index (χ1v) is 10.6. The maximum absolute atomic E-state index is 12.2. The van der Waals surface area contributed by atoms with Crippen LogP contribution in [0.5, 0.6) is 0 Å². The van der Waals surface area contributed by atoms with E-state index in [2.05, 4.69) is 11.4 Å². The number of nitrogens with zero attached hydrogens (tertiary/aromatic N) is 2. The van der Waals surface area contributed by atoms with E-state index in [0.717, 1.165) is 19.3 Å². The zero-order valence-corrected chi connectivity index (χ0v) is 17.4. The SMILES string of the molecule is CCOC(=O)N1CCC(N(CCC(=O)NCCC2=CCCCC2)C(C)=O)CC1. The van der Waals surface area contributed by atoms with E-state index in [1.165, 1.54) is 18.4 Å². The van der Waals surface area contributed by atoms with Crippen molar-refractivity contribution in [3.05, 3.63) is 11.6 Å². The van der Waals surface area contributed by atoms with Crippen molar-refractivity contribution in [2.24, 2.45) is 0 Å². The van der Waals surface area contributed by atoms with Crippen molar-refractivity contribution in [3.63, 3.8) is 0 Å². The van der Waals surface area contributed by atoms with Crippen molar-refractivity contribution in [1.29, 1.82) is 0 Å². The van der Waals surface area contributed by atoms with Crippen LogP contribution in [-0.4, -0.2) is 66.5 Å². The van der Waals surface area contributed by atoms with Gasteiger partial charge in [-0.1, -0.05) is 11.6 Å². The third-order valence-electron chi connectivity index (χ3n) is 5.57. The fourth-order valence-corrected chi connectivity index (χ4v) is 3.98. The van der Waals surface area contributed by atoms with Gasteiger partial charge in [-0.05, 0) is 51.9 Å². The van der Waals surface area contributed by atoms with Crippen molar-refractivity contribution in [3.8, 4) is 0 Å². The maximum Gasteiger partial charge on any atom is 0.409 e. The van der Waals surface area contributed by atoms with Crippen molar-refractivity contribution in [2.45, 2.75) is 71.3 Å². The molecule has 158 valence electrons. The molecular weight excluding hydrogens is 358 g/mol. The molecule has 7 nitrogen and oxygen atoms in total. The van der Waals surface area contributed by atoms with Gasteiger partial charge in [0.25, 0.3) is 0 Å². The Bertz CT molecular complexity index is 568. The van der Waals surface area contributed by atoms with Crippen LogP contribution >= 0.6 is 0 Å². The molecule has 0 radical (unpaired) electrons. The summed E-state index contributed by atoms with van der Waals surface area (Å²) >= 11 is 0. The van der Waals surface area contributed by atoms with E-state index in [1.807, 2.05) is 0 Å². The maximum atomic E-state index is 12.2. The highest BCUT2D eigenvalue weighted by Gasteiger charge is 2.29. The highest BCUT2D eigenvalue weighted by atomic mass is 16.6. The Balaban J connectivity index is 1.70. The first-order valence-electron chi connectivity index (χ1n) is 10.6. The zero-order chi connectivity index (χ0) is 20.4. The summed E-state index contributed by atoms with van der Waals surface area (Å²) in [6.07, 6.45) is 9.52. The summed E-state index contributed by atoms with van der Waals surface area (Å²) in [6, 6.07) is 0.0726. The molecule has 2 rings (SSSR count). The number of ether oxygens (including phenoxy) is 1. The smallest absolute Gasteiger partial charge is 0.409 e. The van der Waals surface area contributed by atoms with Gasteiger partial charge >= 0.3 is 6.09 Å². The standard InChI is InChI=1S/C21H35N3O4/c1-3-28-21(27)23-14-10-19(11-15-23)24(17(2)25)16-12-20(26)22-13-9-18-7-5-4-6-8-18/h7,19H,3-6,8-16H2,1-2H3,(H,22,26). The van der Waals surface area contributed by atoms with E-state index in [4.69, 9.17) is 4.74 Å². The molecule has 0 bridgehead atoms. The molecule has 0 aromatic rings. The van der Waals surface area contributed by atoms with Gasteiger partial charge in [0, 0.05) is 45.6 Å². The Kier molecular flexibility index (Phi) is 9.31. The fraction of sp³-hybridized carbons (Fsp3) is 0.762. The van der Waals surface area contributed by atoms with Crippen LogP contribution < -0.4 is 5.32 Å². The predicted molar refractivity (Wildman–Crippen MR) is 108 cm³/mol. The van der Waals surface area contributed by atoms with Crippen LogP contribution in [0.1, 0.15) is 65.2 Å². The van der Waals surface area contributed by atoms with Gasteiger partial charge in [-0.25, -0.2) is 4.79 Å². The summed E-state index contributed by atoms with van der Waals surface area (Å²) in [7, 11) is 0. The molecule has 1 aliphatic heterocycles. The van der Waals surface area contributed by atoms with E-state index in [0.29, 0.717) is 52.0 Å². The molecule has 7 heteroatoms. The Hall–Kier alpha value is -2.05. The van der Waals surface area contributed by atoms with E-state index >= 15 is 0 Å². The third kappa shape index (κ3) is 7.17.